The summed E-state index contributed by atoms with van der Waals surface area (Å²) >= 11 is 0. The molecule has 2 atom stereocenters. The largest absolute Gasteiger partial charge is 0.371 e. The van der Waals surface area contributed by atoms with Gasteiger partial charge in [-0.1, -0.05) is 48.5 Å². The van der Waals surface area contributed by atoms with Gasteiger partial charge < -0.3 is 14.8 Å². The Kier molecular flexibility index (Phi) is 4.32. The van der Waals surface area contributed by atoms with Gasteiger partial charge in [-0.3, -0.25) is 4.79 Å². The van der Waals surface area contributed by atoms with Crippen LogP contribution in [0.1, 0.15) is 34.5 Å². The maximum atomic E-state index is 12.6. The molecule has 2 aromatic rings. The molecule has 0 unspecified atom stereocenters. The minimum Gasteiger partial charge on any atom is -0.371 e. The van der Waals surface area contributed by atoms with Gasteiger partial charge >= 0.3 is 0 Å². The highest BCUT2D eigenvalue weighted by atomic mass is 16.5. The van der Waals surface area contributed by atoms with Gasteiger partial charge in [-0.05, 0) is 35.1 Å². The number of hydrogen-bond acceptors (Lipinski definition) is 3. The Bertz CT molecular complexity index is 743. The Morgan fingerprint density at radius 1 is 0.917 bits per heavy atom. The molecule has 0 radical (unpaired) electrons. The molecule has 0 aromatic heterocycles. The number of fused-ring (bicyclic) bond motifs is 2. The second kappa shape index (κ2) is 6.75. The Morgan fingerprint density at radius 3 is 2.33 bits per heavy atom. The molecular weight excluding hydrogens is 302 g/mol. The number of amides is 1. The molecule has 4 nitrogen and oxygen atoms in total. The van der Waals surface area contributed by atoms with Crippen LogP contribution in [0.25, 0.3) is 0 Å². The lowest BCUT2D eigenvalue weighted by atomic mass is 9.96. The van der Waals surface area contributed by atoms with Crippen LogP contribution in [0.4, 0.5) is 0 Å². The van der Waals surface area contributed by atoms with E-state index in [0.717, 1.165) is 18.4 Å². The molecule has 0 fully saturated rings. The number of benzene rings is 2. The summed E-state index contributed by atoms with van der Waals surface area (Å²) in [6.07, 6.45) is 1.19. The lowest BCUT2D eigenvalue weighted by Crippen LogP contribution is -2.37. The first kappa shape index (κ1) is 15.4. The van der Waals surface area contributed by atoms with Crippen LogP contribution in [-0.2, 0) is 27.1 Å². The first-order valence-corrected chi connectivity index (χ1v) is 8.49. The van der Waals surface area contributed by atoms with E-state index >= 15 is 0 Å². The van der Waals surface area contributed by atoms with E-state index < -0.39 is 6.10 Å². The molecule has 24 heavy (non-hydrogen) atoms. The number of hydrogen-bond donors (Lipinski definition) is 1. The highest BCUT2D eigenvalue weighted by Crippen LogP contribution is 2.29. The molecule has 2 aromatic carbocycles. The first-order chi connectivity index (χ1) is 11.8. The lowest BCUT2D eigenvalue weighted by Gasteiger charge is -2.28. The number of carbonyl (C=O) groups is 1. The van der Waals surface area contributed by atoms with E-state index in [4.69, 9.17) is 9.47 Å². The molecule has 1 N–H and O–H groups in total. The molecule has 2 aliphatic rings. The molecular formula is C20H21NO3. The first-order valence-electron chi connectivity index (χ1n) is 8.49. The molecule has 0 bridgehead atoms. The topological polar surface area (TPSA) is 47.6 Å². The van der Waals surface area contributed by atoms with Crippen molar-refractivity contribution in [3.63, 3.8) is 0 Å². The van der Waals surface area contributed by atoms with Crippen LogP contribution in [0.5, 0.6) is 0 Å². The van der Waals surface area contributed by atoms with Gasteiger partial charge in [-0.15, -0.1) is 0 Å². The fourth-order valence-corrected chi connectivity index (χ4v) is 3.54. The van der Waals surface area contributed by atoms with E-state index in [1.165, 1.54) is 16.7 Å². The van der Waals surface area contributed by atoms with Gasteiger partial charge in [0, 0.05) is 6.54 Å². The van der Waals surface area contributed by atoms with Crippen molar-refractivity contribution in [3.8, 4) is 0 Å². The normalized spacial score (nSPS) is 22.3. The van der Waals surface area contributed by atoms with Crippen molar-refractivity contribution in [2.24, 2.45) is 0 Å². The summed E-state index contributed by atoms with van der Waals surface area (Å²) in [5.41, 5.74) is 4.66. The minimum atomic E-state index is -0.520. The van der Waals surface area contributed by atoms with Crippen LogP contribution in [0.3, 0.4) is 0 Å². The Balaban J connectivity index is 1.45. The molecule has 124 valence electrons. The van der Waals surface area contributed by atoms with E-state index in [9.17, 15) is 4.79 Å². The van der Waals surface area contributed by atoms with Crippen molar-refractivity contribution in [3.05, 3.63) is 70.8 Å². The van der Waals surface area contributed by atoms with Crippen molar-refractivity contribution in [1.82, 2.24) is 5.32 Å². The SMILES string of the molecule is O=C(NC[C@H]1OCCc2ccccc21)[C@@H]1OCCc2ccccc21. The second-order valence-corrected chi connectivity index (χ2v) is 6.25. The number of carbonyl (C=O) groups excluding carboxylic acids is 1. The minimum absolute atomic E-state index is 0.0854. The van der Waals surface area contributed by atoms with Crippen LogP contribution in [0.2, 0.25) is 0 Å². The summed E-state index contributed by atoms with van der Waals surface area (Å²) in [7, 11) is 0. The van der Waals surface area contributed by atoms with Gasteiger partial charge in [0.15, 0.2) is 6.10 Å². The van der Waals surface area contributed by atoms with E-state index in [1.54, 1.807) is 0 Å². The third kappa shape index (κ3) is 2.95. The van der Waals surface area contributed by atoms with Crippen molar-refractivity contribution < 1.29 is 14.3 Å². The van der Waals surface area contributed by atoms with Gasteiger partial charge in [0.25, 0.3) is 5.91 Å². The zero-order valence-electron chi connectivity index (χ0n) is 13.5. The summed E-state index contributed by atoms with van der Waals surface area (Å²) in [6.45, 7) is 1.75. The maximum absolute atomic E-state index is 12.6. The van der Waals surface area contributed by atoms with Gasteiger partial charge in [-0.2, -0.15) is 0 Å². The molecule has 2 heterocycles. The Morgan fingerprint density at radius 2 is 1.54 bits per heavy atom. The van der Waals surface area contributed by atoms with Crippen LogP contribution >= 0.6 is 0 Å². The van der Waals surface area contributed by atoms with Crippen LogP contribution in [0, 0.1) is 0 Å². The van der Waals surface area contributed by atoms with E-state index in [0.29, 0.717) is 19.8 Å². The predicted molar refractivity (Wildman–Crippen MR) is 90.7 cm³/mol. The van der Waals surface area contributed by atoms with E-state index in [-0.39, 0.29) is 12.0 Å². The predicted octanol–water partition coefficient (Wildman–Crippen LogP) is 2.73. The lowest BCUT2D eigenvalue weighted by molar-refractivity contribution is -0.134. The average molecular weight is 323 g/mol. The summed E-state index contributed by atoms with van der Waals surface area (Å²) in [4.78, 5) is 12.6. The van der Waals surface area contributed by atoms with Crippen LogP contribution < -0.4 is 5.32 Å². The highest BCUT2D eigenvalue weighted by molar-refractivity contribution is 5.83. The number of rotatable bonds is 3. The maximum Gasteiger partial charge on any atom is 0.253 e. The van der Waals surface area contributed by atoms with Gasteiger partial charge in [-0.25, -0.2) is 0 Å². The second-order valence-electron chi connectivity index (χ2n) is 6.25. The monoisotopic (exact) mass is 323 g/mol. The standard InChI is InChI=1S/C20H21NO3/c22-20(19-17-8-4-2-6-15(17)10-12-24-19)21-13-18-16-7-3-1-5-14(16)9-11-23-18/h1-8,18-19H,9-13H2,(H,21,22)/t18-,19-/m1/s1. The summed E-state index contributed by atoms with van der Waals surface area (Å²) in [5.74, 6) is -0.0891. The fraction of sp³-hybridized carbons (Fsp3) is 0.350. The third-order valence-corrected chi connectivity index (χ3v) is 4.79. The molecule has 1 amide bonds. The molecule has 4 rings (SSSR count). The smallest absolute Gasteiger partial charge is 0.253 e. The van der Waals surface area contributed by atoms with Crippen molar-refractivity contribution >= 4 is 5.91 Å². The van der Waals surface area contributed by atoms with E-state index in [2.05, 4.69) is 23.5 Å². The summed E-state index contributed by atoms with van der Waals surface area (Å²) < 4.78 is 11.6. The molecule has 4 heteroatoms. The molecule has 0 saturated carbocycles. The van der Waals surface area contributed by atoms with Crippen molar-refractivity contribution in [2.75, 3.05) is 19.8 Å². The summed E-state index contributed by atoms with van der Waals surface area (Å²) in [5, 5.41) is 3.01. The Hall–Kier alpha value is -2.17. The molecule has 0 aliphatic carbocycles. The van der Waals surface area contributed by atoms with Gasteiger partial charge in [0.05, 0.1) is 13.2 Å². The quantitative estimate of drug-likeness (QED) is 0.945. The fourth-order valence-electron chi connectivity index (χ4n) is 3.54. The third-order valence-electron chi connectivity index (χ3n) is 4.79. The van der Waals surface area contributed by atoms with Gasteiger partial charge in [0.1, 0.15) is 6.10 Å². The van der Waals surface area contributed by atoms with Gasteiger partial charge in [0.2, 0.25) is 0 Å². The number of ether oxygens (including phenoxy) is 2. The summed E-state index contributed by atoms with van der Waals surface area (Å²) in [6, 6.07) is 16.3. The average Bonchev–Trinajstić information content (AvgIpc) is 2.65. The zero-order valence-corrected chi connectivity index (χ0v) is 13.5. The Labute approximate surface area is 141 Å². The zero-order chi connectivity index (χ0) is 16.4. The highest BCUT2D eigenvalue weighted by Gasteiger charge is 2.28. The van der Waals surface area contributed by atoms with Crippen LogP contribution in [0.15, 0.2) is 48.5 Å². The molecule has 0 spiro atoms. The van der Waals surface area contributed by atoms with Crippen molar-refractivity contribution in [1.29, 1.82) is 0 Å². The van der Waals surface area contributed by atoms with Crippen LogP contribution in [-0.4, -0.2) is 25.7 Å². The number of nitrogens with one attached hydrogen (secondary N) is 1. The molecule has 0 saturated heterocycles. The van der Waals surface area contributed by atoms with Crippen molar-refractivity contribution in [2.45, 2.75) is 25.0 Å². The molecule has 2 aliphatic heterocycles. The van der Waals surface area contributed by atoms with E-state index in [1.807, 2.05) is 30.3 Å².